The van der Waals surface area contributed by atoms with Crippen molar-refractivity contribution in [3.05, 3.63) is 24.0 Å². The van der Waals surface area contributed by atoms with Gasteiger partial charge < -0.3 is 11.5 Å². The van der Waals surface area contributed by atoms with E-state index in [4.69, 9.17) is 11.5 Å². The van der Waals surface area contributed by atoms with Crippen LogP contribution in [0.1, 0.15) is 31.0 Å². The van der Waals surface area contributed by atoms with Gasteiger partial charge in [0.1, 0.15) is 0 Å². The number of hydrogen-bond donors (Lipinski definition) is 2. The first-order valence-electron chi connectivity index (χ1n) is 4.72. The second kappa shape index (κ2) is 3.34. The third kappa shape index (κ3) is 2.18. The minimum atomic E-state index is 0.0657. The van der Waals surface area contributed by atoms with E-state index in [1.165, 1.54) is 12.8 Å². The van der Waals surface area contributed by atoms with Crippen molar-refractivity contribution in [2.24, 2.45) is 11.7 Å². The van der Waals surface area contributed by atoms with Crippen molar-refractivity contribution in [1.82, 2.24) is 4.98 Å². The predicted octanol–water partition coefficient (Wildman–Crippen LogP) is 1.46. The number of nitrogens with two attached hydrogens (primary N) is 2. The lowest BCUT2D eigenvalue weighted by Crippen LogP contribution is -2.12. The molecule has 1 aromatic rings. The first kappa shape index (κ1) is 8.51. The van der Waals surface area contributed by atoms with Gasteiger partial charge in [0, 0.05) is 17.9 Å². The molecule has 0 aromatic carbocycles. The van der Waals surface area contributed by atoms with E-state index in [0.29, 0.717) is 0 Å². The normalized spacial score (nSPS) is 18.5. The summed E-state index contributed by atoms with van der Waals surface area (Å²) in [6.07, 6.45) is 5.43. The van der Waals surface area contributed by atoms with Gasteiger partial charge in [-0.25, -0.2) is 0 Å². The van der Waals surface area contributed by atoms with E-state index in [9.17, 15) is 0 Å². The van der Waals surface area contributed by atoms with Crippen LogP contribution in [-0.2, 0) is 0 Å². The summed E-state index contributed by atoms with van der Waals surface area (Å²) in [5.41, 5.74) is 13.3. The van der Waals surface area contributed by atoms with E-state index in [0.717, 1.165) is 23.7 Å². The minimum Gasteiger partial charge on any atom is -0.399 e. The molecule has 0 amide bonds. The minimum absolute atomic E-state index is 0.0657. The molecule has 1 aliphatic rings. The van der Waals surface area contributed by atoms with E-state index in [-0.39, 0.29) is 6.04 Å². The van der Waals surface area contributed by atoms with Crippen LogP contribution in [-0.4, -0.2) is 4.98 Å². The Labute approximate surface area is 78.1 Å². The molecule has 3 heteroatoms. The van der Waals surface area contributed by atoms with Crippen LogP contribution in [0, 0.1) is 5.92 Å². The Bertz CT molecular complexity index is 294. The van der Waals surface area contributed by atoms with Crippen molar-refractivity contribution in [1.29, 1.82) is 0 Å². The highest BCUT2D eigenvalue weighted by Gasteiger charge is 2.24. The Kier molecular flexibility index (Phi) is 2.19. The summed E-state index contributed by atoms with van der Waals surface area (Å²) in [4.78, 5) is 4.22. The molecule has 0 saturated heterocycles. The third-order valence-corrected chi connectivity index (χ3v) is 2.47. The SMILES string of the molecule is Nc1ccnc([C@H](N)CC2CC2)c1. The van der Waals surface area contributed by atoms with Crippen molar-refractivity contribution in [2.45, 2.75) is 25.3 Å². The maximum Gasteiger partial charge on any atom is 0.0591 e. The summed E-state index contributed by atoms with van der Waals surface area (Å²) in [6, 6.07) is 3.72. The van der Waals surface area contributed by atoms with Crippen molar-refractivity contribution in [2.75, 3.05) is 5.73 Å². The lowest BCUT2D eigenvalue weighted by molar-refractivity contribution is 0.584. The summed E-state index contributed by atoms with van der Waals surface area (Å²) in [6.45, 7) is 0. The smallest absolute Gasteiger partial charge is 0.0591 e. The number of anilines is 1. The van der Waals surface area contributed by atoms with Crippen molar-refractivity contribution >= 4 is 5.69 Å². The highest BCUT2D eigenvalue weighted by Crippen LogP contribution is 2.36. The number of aromatic nitrogens is 1. The number of nitrogens with zero attached hydrogens (tertiary/aromatic N) is 1. The summed E-state index contributed by atoms with van der Waals surface area (Å²) in [5.74, 6) is 0.832. The zero-order valence-electron chi connectivity index (χ0n) is 7.61. The molecule has 1 aliphatic carbocycles. The molecule has 0 spiro atoms. The quantitative estimate of drug-likeness (QED) is 0.734. The standard InChI is InChI=1S/C10H15N3/c11-8-3-4-13-10(6-8)9(12)5-7-1-2-7/h3-4,6-7,9H,1-2,5,12H2,(H2,11,13)/t9-/m1/s1. The molecule has 70 valence electrons. The van der Waals surface area contributed by atoms with Gasteiger partial charge in [0.15, 0.2) is 0 Å². The molecule has 3 nitrogen and oxygen atoms in total. The molecule has 1 atom stereocenters. The van der Waals surface area contributed by atoms with Gasteiger partial charge in [-0.05, 0) is 24.5 Å². The molecule has 4 N–H and O–H groups in total. The van der Waals surface area contributed by atoms with Gasteiger partial charge in [-0.1, -0.05) is 12.8 Å². The Morgan fingerprint density at radius 3 is 2.92 bits per heavy atom. The topological polar surface area (TPSA) is 64.9 Å². The molecule has 1 fully saturated rings. The molecular formula is C10H15N3. The van der Waals surface area contributed by atoms with Crippen molar-refractivity contribution in [3.63, 3.8) is 0 Å². The largest absolute Gasteiger partial charge is 0.399 e. The van der Waals surface area contributed by atoms with E-state index in [2.05, 4.69) is 4.98 Å². The van der Waals surface area contributed by atoms with Gasteiger partial charge in [0.2, 0.25) is 0 Å². The zero-order chi connectivity index (χ0) is 9.26. The van der Waals surface area contributed by atoms with Gasteiger partial charge in [0.25, 0.3) is 0 Å². The van der Waals surface area contributed by atoms with Gasteiger partial charge in [0.05, 0.1) is 5.69 Å². The van der Waals surface area contributed by atoms with Crippen molar-refractivity contribution in [3.8, 4) is 0 Å². The van der Waals surface area contributed by atoms with Crippen LogP contribution in [0.15, 0.2) is 18.3 Å². The fraction of sp³-hybridized carbons (Fsp3) is 0.500. The highest BCUT2D eigenvalue weighted by molar-refractivity contribution is 5.37. The fourth-order valence-corrected chi connectivity index (χ4v) is 1.50. The van der Waals surface area contributed by atoms with Crippen LogP contribution < -0.4 is 11.5 Å². The summed E-state index contributed by atoms with van der Waals surface area (Å²) in [7, 11) is 0. The summed E-state index contributed by atoms with van der Waals surface area (Å²) < 4.78 is 0. The maximum absolute atomic E-state index is 5.99. The average Bonchev–Trinajstić information content (AvgIpc) is 2.88. The number of nitrogen functional groups attached to an aromatic ring is 1. The Balaban J connectivity index is 2.04. The maximum atomic E-state index is 5.99. The number of hydrogen-bond acceptors (Lipinski definition) is 3. The lowest BCUT2D eigenvalue weighted by Gasteiger charge is -2.10. The molecule has 1 heterocycles. The van der Waals surface area contributed by atoms with Crippen LogP contribution in [0.25, 0.3) is 0 Å². The van der Waals surface area contributed by atoms with Gasteiger partial charge in [-0.15, -0.1) is 0 Å². The van der Waals surface area contributed by atoms with Gasteiger partial charge in [-0.2, -0.15) is 0 Å². The van der Waals surface area contributed by atoms with E-state index >= 15 is 0 Å². The predicted molar refractivity (Wildman–Crippen MR) is 52.9 cm³/mol. The molecule has 0 bridgehead atoms. The second-order valence-corrected chi connectivity index (χ2v) is 3.80. The zero-order valence-corrected chi connectivity index (χ0v) is 7.61. The first-order chi connectivity index (χ1) is 6.25. The molecule has 1 saturated carbocycles. The summed E-state index contributed by atoms with van der Waals surface area (Å²) >= 11 is 0. The molecule has 2 rings (SSSR count). The Morgan fingerprint density at radius 2 is 2.31 bits per heavy atom. The van der Waals surface area contributed by atoms with Crippen LogP contribution in [0.5, 0.6) is 0 Å². The van der Waals surface area contributed by atoms with Crippen LogP contribution in [0.4, 0.5) is 5.69 Å². The van der Waals surface area contributed by atoms with Crippen molar-refractivity contribution < 1.29 is 0 Å². The molecule has 0 aliphatic heterocycles. The molecule has 1 aromatic heterocycles. The average molecular weight is 177 g/mol. The van der Waals surface area contributed by atoms with Gasteiger partial charge >= 0.3 is 0 Å². The monoisotopic (exact) mass is 177 g/mol. The summed E-state index contributed by atoms with van der Waals surface area (Å²) in [5, 5.41) is 0. The number of rotatable bonds is 3. The highest BCUT2D eigenvalue weighted by atomic mass is 14.8. The Morgan fingerprint density at radius 1 is 1.54 bits per heavy atom. The van der Waals surface area contributed by atoms with E-state index in [1.807, 2.05) is 6.07 Å². The molecule has 0 unspecified atom stereocenters. The van der Waals surface area contributed by atoms with Gasteiger partial charge in [-0.3, -0.25) is 4.98 Å². The first-order valence-corrected chi connectivity index (χ1v) is 4.72. The third-order valence-electron chi connectivity index (χ3n) is 2.47. The van der Waals surface area contributed by atoms with Crippen LogP contribution >= 0.6 is 0 Å². The molecule has 13 heavy (non-hydrogen) atoms. The van der Waals surface area contributed by atoms with Crippen LogP contribution in [0.2, 0.25) is 0 Å². The van der Waals surface area contributed by atoms with Crippen LogP contribution in [0.3, 0.4) is 0 Å². The van der Waals surface area contributed by atoms with E-state index in [1.54, 1.807) is 12.3 Å². The fourth-order valence-electron chi connectivity index (χ4n) is 1.50. The second-order valence-electron chi connectivity index (χ2n) is 3.80. The lowest BCUT2D eigenvalue weighted by atomic mass is 10.1. The molecule has 0 radical (unpaired) electrons. The van der Waals surface area contributed by atoms with E-state index < -0.39 is 0 Å². The number of pyridine rings is 1. The molecular weight excluding hydrogens is 162 g/mol. The Hall–Kier alpha value is -1.09.